The van der Waals surface area contributed by atoms with Crippen LogP contribution in [0.5, 0.6) is 0 Å². The SMILES string of the molecule is CS(=O)(=O)Nc1cc(-c2c(F)c(F)c(F)c(F)c2F)c(F)cc1Cl. The van der Waals surface area contributed by atoms with Gasteiger partial charge in [0.05, 0.1) is 22.5 Å². The van der Waals surface area contributed by atoms with Gasteiger partial charge >= 0.3 is 0 Å². The zero-order chi connectivity index (χ0) is 18.4. The van der Waals surface area contributed by atoms with Crippen molar-refractivity contribution in [1.29, 1.82) is 0 Å². The van der Waals surface area contributed by atoms with Crippen molar-refractivity contribution in [3.8, 4) is 11.1 Å². The summed E-state index contributed by atoms with van der Waals surface area (Å²) in [6.07, 6.45) is 0.713. The lowest BCUT2D eigenvalue weighted by Crippen LogP contribution is -2.11. The normalized spacial score (nSPS) is 11.7. The zero-order valence-electron chi connectivity index (χ0n) is 11.5. The average molecular weight is 390 g/mol. The Morgan fingerprint density at radius 3 is 1.79 bits per heavy atom. The van der Waals surface area contributed by atoms with Crippen LogP contribution in [0.25, 0.3) is 11.1 Å². The van der Waals surface area contributed by atoms with Crippen molar-refractivity contribution >= 4 is 27.3 Å². The van der Waals surface area contributed by atoms with E-state index in [0.717, 1.165) is 0 Å². The molecule has 2 aromatic carbocycles. The van der Waals surface area contributed by atoms with E-state index in [4.69, 9.17) is 11.6 Å². The van der Waals surface area contributed by atoms with E-state index >= 15 is 0 Å². The first-order chi connectivity index (χ1) is 10.9. The number of sulfonamides is 1. The number of nitrogens with one attached hydrogen (secondary N) is 1. The summed E-state index contributed by atoms with van der Waals surface area (Å²) in [6.45, 7) is 0. The second-order valence-corrected chi connectivity index (χ2v) is 6.79. The molecule has 0 fully saturated rings. The Bertz CT molecular complexity index is 919. The molecule has 0 radical (unpaired) electrons. The maximum absolute atomic E-state index is 13.9. The quantitative estimate of drug-likeness (QED) is 0.485. The van der Waals surface area contributed by atoms with Crippen molar-refractivity contribution in [3.05, 3.63) is 52.1 Å². The van der Waals surface area contributed by atoms with E-state index in [0.29, 0.717) is 18.4 Å². The van der Waals surface area contributed by atoms with E-state index in [1.54, 1.807) is 0 Å². The Labute approximate surface area is 136 Å². The Balaban J connectivity index is 2.81. The Morgan fingerprint density at radius 2 is 1.33 bits per heavy atom. The average Bonchev–Trinajstić information content (AvgIpc) is 2.46. The first-order valence-electron chi connectivity index (χ1n) is 5.92. The predicted octanol–water partition coefficient (Wildman–Crippen LogP) is 4.21. The van der Waals surface area contributed by atoms with Gasteiger partial charge in [0.1, 0.15) is 5.82 Å². The molecular weight excluding hydrogens is 384 g/mol. The number of hydrogen-bond donors (Lipinski definition) is 1. The summed E-state index contributed by atoms with van der Waals surface area (Å²) in [4.78, 5) is 0. The molecule has 0 atom stereocenters. The maximum Gasteiger partial charge on any atom is 0.229 e. The van der Waals surface area contributed by atoms with Crippen LogP contribution in [0.1, 0.15) is 0 Å². The van der Waals surface area contributed by atoms with Crippen LogP contribution in [0.4, 0.5) is 32.0 Å². The molecular formula is C13H6ClF6NO2S. The fraction of sp³-hybridized carbons (Fsp3) is 0.0769. The lowest BCUT2D eigenvalue weighted by molar-refractivity contribution is 0.381. The second-order valence-electron chi connectivity index (χ2n) is 4.63. The summed E-state index contributed by atoms with van der Waals surface area (Å²) in [6, 6.07) is 0.999. The van der Waals surface area contributed by atoms with Gasteiger partial charge in [-0.05, 0) is 12.1 Å². The van der Waals surface area contributed by atoms with Crippen molar-refractivity contribution in [3.63, 3.8) is 0 Å². The highest BCUT2D eigenvalue weighted by Gasteiger charge is 2.28. The number of rotatable bonds is 3. The molecule has 2 aromatic rings. The lowest BCUT2D eigenvalue weighted by Gasteiger charge is -2.13. The molecule has 0 bridgehead atoms. The van der Waals surface area contributed by atoms with Crippen molar-refractivity contribution in [2.75, 3.05) is 11.0 Å². The lowest BCUT2D eigenvalue weighted by atomic mass is 10.0. The van der Waals surface area contributed by atoms with Crippen LogP contribution in [-0.4, -0.2) is 14.7 Å². The van der Waals surface area contributed by atoms with Gasteiger partial charge in [-0.3, -0.25) is 4.72 Å². The van der Waals surface area contributed by atoms with Gasteiger partial charge in [0, 0.05) is 5.56 Å². The summed E-state index contributed by atoms with van der Waals surface area (Å²) in [5.74, 6) is -12.9. The number of benzene rings is 2. The highest BCUT2D eigenvalue weighted by molar-refractivity contribution is 7.92. The molecule has 0 aliphatic heterocycles. The first-order valence-corrected chi connectivity index (χ1v) is 8.19. The molecule has 3 nitrogen and oxygen atoms in total. The molecule has 0 saturated carbocycles. The van der Waals surface area contributed by atoms with Crippen LogP contribution in [0, 0.1) is 34.9 Å². The third kappa shape index (κ3) is 3.29. The molecule has 0 heterocycles. The van der Waals surface area contributed by atoms with Crippen molar-refractivity contribution in [2.24, 2.45) is 0 Å². The molecule has 24 heavy (non-hydrogen) atoms. The number of halogens is 7. The molecule has 2 rings (SSSR count). The minimum atomic E-state index is -3.91. The van der Waals surface area contributed by atoms with Crippen molar-refractivity contribution in [2.45, 2.75) is 0 Å². The van der Waals surface area contributed by atoms with E-state index in [1.165, 1.54) is 0 Å². The summed E-state index contributed by atoms with van der Waals surface area (Å²) in [5.41, 5.74) is -3.10. The van der Waals surface area contributed by atoms with Crippen LogP contribution < -0.4 is 4.72 Å². The van der Waals surface area contributed by atoms with Crippen molar-refractivity contribution < 1.29 is 34.8 Å². The van der Waals surface area contributed by atoms with Gasteiger partial charge in [0.15, 0.2) is 23.3 Å². The minimum absolute atomic E-state index is 0.475. The van der Waals surface area contributed by atoms with Gasteiger partial charge < -0.3 is 0 Å². The van der Waals surface area contributed by atoms with E-state index in [1.807, 2.05) is 4.72 Å². The largest absolute Gasteiger partial charge is 0.282 e. The van der Waals surface area contributed by atoms with E-state index < -0.39 is 66.8 Å². The van der Waals surface area contributed by atoms with Gasteiger partial charge in [0.25, 0.3) is 0 Å². The monoisotopic (exact) mass is 389 g/mol. The highest BCUT2D eigenvalue weighted by atomic mass is 35.5. The molecule has 11 heteroatoms. The van der Waals surface area contributed by atoms with Gasteiger partial charge in [-0.15, -0.1) is 0 Å². The second kappa shape index (κ2) is 6.17. The van der Waals surface area contributed by atoms with E-state index in [2.05, 4.69) is 0 Å². The minimum Gasteiger partial charge on any atom is -0.282 e. The van der Waals surface area contributed by atoms with Crippen LogP contribution in [0.15, 0.2) is 12.1 Å². The Morgan fingerprint density at radius 1 is 0.875 bits per heavy atom. The van der Waals surface area contributed by atoms with Crippen LogP contribution in [0.3, 0.4) is 0 Å². The highest BCUT2D eigenvalue weighted by Crippen LogP contribution is 2.37. The predicted molar refractivity (Wildman–Crippen MR) is 75.1 cm³/mol. The maximum atomic E-state index is 13.9. The van der Waals surface area contributed by atoms with Crippen LogP contribution in [0.2, 0.25) is 5.02 Å². The number of anilines is 1. The Kier molecular flexibility index (Phi) is 4.73. The molecule has 0 amide bonds. The molecule has 0 aliphatic rings. The number of hydrogen-bond acceptors (Lipinski definition) is 2. The fourth-order valence-corrected chi connectivity index (χ4v) is 2.68. The van der Waals surface area contributed by atoms with Gasteiger partial charge in [-0.2, -0.15) is 0 Å². The first kappa shape index (κ1) is 18.4. The topological polar surface area (TPSA) is 46.2 Å². The smallest absolute Gasteiger partial charge is 0.229 e. The standard InChI is InChI=1S/C13H6ClF6NO2S/c1-24(22,23)21-7-2-4(6(15)3-5(7)14)8-9(16)11(18)13(20)12(19)10(8)17/h2-3,21H,1H3. The van der Waals surface area contributed by atoms with Crippen LogP contribution in [-0.2, 0) is 10.0 Å². The molecule has 1 N–H and O–H groups in total. The van der Waals surface area contributed by atoms with Gasteiger partial charge in [0.2, 0.25) is 15.8 Å². The van der Waals surface area contributed by atoms with E-state index in [-0.39, 0.29) is 0 Å². The molecule has 0 saturated heterocycles. The van der Waals surface area contributed by atoms with Gasteiger partial charge in [-0.25, -0.2) is 34.8 Å². The Hall–Kier alpha value is -1.94. The summed E-state index contributed by atoms with van der Waals surface area (Å²) in [7, 11) is -3.91. The summed E-state index contributed by atoms with van der Waals surface area (Å²) < 4.78 is 105. The summed E-state index contributed by atoms with van der Waals surface area (Å²) in [5, 5.41) is -0.481. The molecule has 0 aliphatic carbocycles. The van der Waals surface area contributed by atoms with E-state index in [9.17, 15) is 34.8 Å². The third-order valence-corrected chi connectivity index (χ3v) is 3.73. The molecule has 0 spiro atoms. The fourth-order valence-electron chi connectivity index (χ4n) is 1.86. The zero-order valence-corrected chi connectivity index (χ0v) is 13.1. The van der Waals surface area contributed by atoms with Crippen LogP contribution >= 0.6 is 11.6 Å². The third-order valence-electron chi connectivity index (χ3n) is 2.83. The molecule has 0 aromatic heterocycles. The molecule has 130 valence electrons. The van der Waals surface area contributed by atoms with Gasteiger partial charge in [-0.1, -0.05) is 11.6 Å². The summed E-state index contributed by atoms with van der Waals surface area (Å²) >= 11 is 5.60. The molecule has 0 unspecified atom stereocenters. The van der Waals surface area contributed by atoms with Crippen molar-refractivity contribution in [1.82, 2.24) is 0 Å².